The molecule has 86 valence electrons. The maximum absolute atomic E-state index is 13.0. The molecule has 0 bridgehead atoms. The van der Waals surface area contributed by atoms with Crippen molar-refractivity contribution in [1.29, 1.82) is 0 Å². The van der Waals surface area contributed by atoms with Crippen molar-refractivity contribution in [3.05, 3.63) is 0 Å². The SMILES string of the molecule is FC(F)(F)C(F)(F)C(F)(Br)C(Cl)(Cl)Br. The molecule has 10 heteroatoms. The lowest BCUT2D eigenvalue weighted by Crippen LogP contribution is -2.57. The van der Waals surface area contributed by atoms with Gasteiger partial charge in [-0.15, -0.1) is 0 Å². The fourth-order valence-corrected chi connectivity index (χ4v) is 1.07. The molecule has 0 saturated heterocycles. The van der Waals surface area contributed by atoms with E-state index in [-0.39, 0.29) is 0 Å². The molecule has 1 atom stereocenters. The Bertz CT molecular complexity index is 195. The van der Waals surface area contributed by atoms with Crippen molar-refractivity contribution in [2.45, 2.75) is 19.9 Å². The number of halogens is 10. The third kappa shape index (κ3) is 2.44. The molecule has 0 spiro atoms. The van der Waals surface area contributed by atoms with E-state index < -0.39 is 19.9 Å². The second-order valence-electron chi connectivity index (χ2n) is 2.14. The molecule has 0 aliphatic carbocycles. The van der Waals surface area contributed by atoms with Crippen LogP contribution in [0.2, 0.25) is 0 Å². The van der Waals surface area contributed by atoms with E-state index in [1.54, 1.807) is 0 Å². The number of hydrogen-bond donors (Lipinski definition) is 0. The van der Waals surface area contributed by atoms with Gasteiger partial charge in [0.05, 0.1) is 0 Å². The van der Waals surface area contributed by atoms with Crippen molar-refractivity contribution in [1.82, 2.24) is 0 Å². The van der Waals surface area contributed by atoms with Crippen molar-refractivity contribution >= 4 is 55.1 Å². The van der Waals surface area contributed by atoms with E-state index in [9.17, 15) is 26.3 Å². The summed E-state index contributed by atoms with van der Waals surface area (Å²) in [6, 6.07) is 0. The highest BCUT2D eigenvalue weighted by Crippen LogP contribution is 2.59. The van der Waals surface area contributed by atoms with Crippen LogP contribution in [0.4, 0.5) is 26.3 Å². The molecule has 0 aromatic heterocycles. The summed E-state index contributed by atoms with van der Waals surface area (Å²) in [5.74, 6) is -5.74. The van der Waals surface area contributed by atoms with E-state index >= 15 is 0 Å². The number of hydrogen-bond acceptors (Lipinski definition) is 0. The normalized spacial score (nSPS) is 19.3. The molecule has 0 aromatic rings. The topological polar surface area (TPSA) is 0 Å². The molecule has 0 nitrogen and oxygen atoms in total. The zero-order valence-electron chi connectivity index (χ0n) is 5.78. The highest BCUT2D eigenvalue weighted by molar-refractivity contribution is 9.13. The molecule has 14 heavy (non-hydrogen) atoms. The Labute approximate surface area is 101 Å². The highest BCUT2D eigenvalue weighted by atomic mass is 79.9. The first kappa shape index (κ1) is 15.1. The minimum atomic E-state index is -6.12. The van der Waals surface area contributed by atoms with Gasteiger partial charge < -0.3 is 0 Å². The van der Waals surface area contributed by atoms with Crippen LogP contribution >= 0.6 is 55.1 Å². The summed E-state index contributed by atoms with van der Waals surface area (Å²) in [6.45, 7) is 0. The summed E-state index contributed by atoms with van der Waals surface area (Å²) >= 11 is 13.1. The minimum Gasteiger partial charge on any atom is -0.220 e. The average Bonchev–Trinajstić information content (AvgIpc) is 1.81. The standard InChI is InChI=1S/C4Br2Cl2F6/c5-1(9,3(6,7)8)2(10,11)4(12,13)14. The van der Waals surface area contributed by atoms with Gasteiger partial charge in [0, 0.05) is 0 Å². The average molecular weight is 393 g/mol. The molecule has 0 amide bonds. The smallest absolute Gasteiger partial charge is 0.220 e. The summed E-state index contributed by atoms with van der Waals surface area (Å²) in [5, 5.41) is 0. The second kappa shape index (κ2) is 3.85. The van der Waals surface area contributed by atoms with Crippen LogP contribution < -0.4 is 0 Å². The van der Waals surface area contributed by atoms with E-state index in [2.05, 4.69) is 0 Å². The maximum Gasteiger partial charge on any atom is 0.457 e. The van der Waals surface area contributed by atoms with E-state index in [0.29, 0.717) is 0 Å². The maximum atomic E-state index is 13.0. The molecule has 0 aliphatic rings. The molecule has 0 saturated carbocycles. The van der Waals surface area contributed by atoms with Crippen LogP contribution in [0, 0.1) is 0 Å². The van der Waals surface area contributed by atoms with Crippen LogP contribution in [0.5, 0.6) is 0 Å². The van der Waals surface area contributed by atoms with E-state index in [1.165, 1.54) is 15.9 Å². The summed E-state index contributed by atoms with van der Waals surface area (Å²) in [6.07, 6.45) is -6.12. The minimum absolute atomic E-state index is 1.51. The Kier molecular flexibility index (Phi) is 4.16. The summed E-state index contributed by atoms with van der Waals surface area (Å²) in [4.78, 5) is 0. The predicted octanol–water partition coefficient (Wildman–Crippen LogP) is 4.77. The van der Waals surface area contributed by atoms with Crippen LogP contribution in [0.1, 0.15) is 0 Å². The van der Waals surface area contributed by atoms with Crippen LogP contribution in [0.25, 0.3) is 0 Å². The van der Waals surface area contributed by atoms with E-state index in [0.717, 1.165) is 0 Å². The molecule has 1 unspecified atom stereocenters. The molecule has 0 N–H and O–H groups in total. The predicted molar refractivity (Wildman–Crippen MR) is 47.1 cm³/mol. The summed E-state index contributed by atoms with van der Waals surface area (Å²) in [7, 11) is 0. The van der Waals surface area contributed by atoms with Gasteiger partial charge in [0.1, 0.15) is 0 Å². The molecule has 0 radical (unpaired) electrons. The first-order valence-electron chi connectivity index (χ1n) is 2.64. The van der Waals surface area contributed by atoms with Gasteiger partial charge >= 0.3 is 12.1 Å². The van der Waals surface area contributed by atoms with Gasteiger partial charge in [-0.2, -0.15) is 22.0 Å². The van der Waals surface area contributed by atoms with Crippen molar-refractivity contribution in [3.8, 4) is 0 Å². The lowest BCUT2D eigenvalue weighted by atomic mass is 10.2. The van der Waals surface area contributed by atoms with Gasteiger partial charge in [0.2, 0.25) is 3.24 Å². The molecular weight excluding hydrogens is 393 g/mol. The number of rotatable bonds is 2. The van der Waals surface area contributed by atoms with Gasteiger partial charge in [0.25, 0.3) is 4.58 Å². The van der Waals surface area contributed by atoms with Crippen molar-refractivity contribution in [2.24, 2.45) is 0 Å². The Hall–Kier alpha value is 1.12. The summed E-state index contributed by atoms with van der Waals surface area (Å²) in [5.41, 5.74) is 0. The fraction of sp³-hybridized carbons (Fsp3) is 1.00. The van der Waals surface area contributed by atoms with Crippen molar-refractivity contribution in [3.63, 3.8) is 0 Å². The van der Waals surface area contributed by atoms with E-state index in [4.69, 9.17) is 23.2 Å². The Morgan fingerprint density at radius 3 is 1.14 bits per heavy atom. The molecule has 0 aliphatic heterocycles. The Balaban J connectivity index is 5.30. The first-order chi connectivity index (χ1) is 5.75. The molecule has 0 aromatic carbocycles. The van der Waals surface area contributed by atoms with Crippen molar-refractivity contribution < 1.29 is 26.3 Å². The quantitative estimate of drug-likeness (QED) is 0.469. The molecule has 0 heterocycles. The van der Waals surface area contributed by atoms with Crippen LogP contribution in [0.15, 0.2) is 0 Å². The molecular formula is C4Br2Cl2F6. The first-order valence-corrected chi connectivity index (χ1v) is 4.98. The van der Waals surface area contributed by atoms with Crippen LogP contribution in [0.3, 0.4) is 0 Å². The fourth-order valence-electron chi connectivity index (χ4n) is 0.356. The third-order valence-corrected chi connectivity index (χ3v) is 4.25. The highest BCUT2D eigenvalue weighted by Gasteiger charge is 2.76. The Morgan fingerprint density at radius 1 is 0.786 bits per heavy atom. The molecule has 0 rings (SSSR count). The Morgan fingerprint density at radius 2 is 1.07 bits per heavy atom. The van der Waals surface area contributed by atoms with Gasteiger partial charge in [-0.25, -0.2) is 4.39 Å². The van der Waals surface area contributed by atoms with Crippen molar-refractivity contribution in [2.75, 3.05) is 0 Å². The second-order valence-corrected chi connectivity index (χ2v) is 6.67. The van der Waals surface area contributed by atoms with Gasteiger partial charge in [-0.1, -0.05) is 23.2 Å². The zero-order chi connectivity index (χ0) is 12.0. The lowest BCUT2D eigenvalue weighted by Gasteiger charge is -2.34. The van der Waals surface area contributed by atoms with Gasteiger partial charge in [-0.3, -0.25) is 0 Å². The van der Waals surface area contributed by atoms with E-state index in [1.807, 2.05) is 15.9 Å². The largest absolute Gasteiger partial charge is 0.457 e. The third-order valence-electron chi connectivity index (χ3n) is 1.11. The lowest BCUT2D eigenvalue weighted by molar-refractivity contribution is -0.307. The van der Waals surface area contributed by atoms with Crippen LogP contribution in [-0.4, -0.2) is 19.9 Å². The van der Waals surface area contributed by atoms with Gasteiger partial charge in [0.15, 0.2) is 0 Å². The van der Waals surface area contributed by atoms with Crippen LogP contribution in [-0.2, 0) is 0 Å². The summed E-state index contributed by atoms with van der Waals surface area (Å²) < 4.78 is 65.5. The van der Waals surface area contributed by atoms with Gasteiger partial charge in [-0.05, 0) is 31.9 Å². The monoisotopic (exact) mass is 390 g/mol. The molecule has 0 fully saturated rings. The zero-order valence-corrected chi connectivity index (χ0v) is 10.5. The number of alkyl halides is 10.